The highest BCUT2D eigenvalue weighted by atomic mass is 16.1. The van der Waals surface area contributed by atoms with E-state index in [9.17, 15) is 4.79 Å². The Bertz CT molecular complexity index is 174. The summed E-state index contributed by atoms with van der Waals surface area (Å²) in [4.78, 5) is 11.5. The van der Waals surface area contributed by atoms with Crippen molar-refractivity contribution in [1.29, 1.82) is 0 Å². The van der Waals surface area contributed by atoms with Crippen LogP contribution in [0.2, 0.25) is 0 Å². The normalized spacial score (nSPS) is 13.0. The second-order valence-electron chi connectivity index (χ2n) is 3.53. The van der Waals surface area contributed by atoms with Gasteiger partial charge in [-0.1, -0.05) is 26.8 Å². The zero-order chi connectivity index (χ0) is 9.07. The van der Waals surface area contributed by atoms with Crippen LogP contribution in [0.5, 0.6) is 0 Å². The molecule has 0 rings (SSSR count). The van der Waals surface area contributed by atoms with Crippen LogP contribution in [-0.2, 0) is 4.79 Å². The predicted molar refractivity (Wildman–Crippen MR) is 47.3 cm³/mol. The molecule has 0 spiro atoms. The summed E-state index contributed by atoms with van der Waals surface area (Å²) in [5.74, 6) is 0.155. The topological polar surface area (TPSA) is 29.1 Å². The van der Waals surface area contributed by atoms with Gasteiger partial charge in [0.15, 0.2) is 5.78 Å². The molecule has 64 valence electrons. The van der Waals surface area contributed by atoms with Crippen LogP contribution >= 0.6 is 0 Å². The molecule has 0 amide bonds. The largest absolute Gasteiger partial charge is 0.386 e. The van der Waals surface area contributed by atoms with Crippen LogP contribution in [0.15, 0.2) is 11.8 Å². The van der Waals surface area contributed by atoms with Gasteiger partial charge >= 0.3 is 0 Å². The van der Waals surface area contributed by atoms with Gasteiger partial charge in [-0.15, -0.1) is 0 Å². The summed E-state index contributed by atoms with van der Waals surface area (Å²) in [6.45, 7) is 7.60. The summed E-state index contributed by atoms with van der Waals surface area (Å²) in [5.41, 5.74) is 0.405. The van der Waals surface area contributed by atoms with Gasteiger partial charge in [-0.2, -0.15) is 0 Å². The van der Waals surface area contributed by atoms with Crippen molar-refractivity contribution in [3.05, 3.63) is 11.8 Å². The van der Waals surface area contributed by atoms with E-state index in [2.05, 4.69) is 5.32 Å². The standard InChI is InChI=1S/C9H17NO/c1-6-7(10-5)8(11)9(2,3)4/h6,10H,1-5H3/b7-6-. The fourth-order valence-electron chi connectivity index (χ4n) is 0.793. The highest BCUT2D eigenvalue weighted by Crippen LogP contribution is 2.17. The van der Waals surface area contributed by atoms with Crippen molar-refractivity contribution in [3.63, 3.8) is 0 Å². The van der Waals surface area contributed by atoms with E-state index >= 15 is 0 Å². The Labute approximate surface area is 68.7 Å². The molecule has 0 aromatic rings. The number of nitrogens with one attached hydrogen (secondary N) is 1. The Morgan fingerprint density at radius 3 is 1.91 bits per heavy atom. The van der Waals surface area contributed by atoms with Crippen molar-refractivity contribution >= 4 is 5.78 Å². The Morgan fingerprint density at radius 2 is 1.82 bits per heavy atom. The van der Waals surface area contributed by atoms with Gasteiger partial charge in [0.05, 0.1) is 5.70 Å². The van der Waals surface area contributed by atoms with Crippen molar-refractivity contribution in [3.8, 4) is 0 Å². The van der Waals surface area contributed by atoms with E-state index < -0.39 is 0 Å². The molecule has 2 nitrogen and oxygen atoms in total. The molecule has 0 aliphatic heterocycles. The van der Waals surface area contributed by atoms with Crippen molar-refractivity contribution in [2.24, 2.45) is 5.41 Å². The van der Waals surface area contributed by atoms with Crippen LogP contribution in [0.1, 0.15) is 27.7 Å². The second-order valence-corrected chi connectivity index (χ2v) is 3.53. The predicted octanol–water partition coefficient (Wildman–Crippen LogP) is 1.72. The quantitative estimate of drug-likeness (QED) is 0.615. The zero-order valence-electron chi connectivity index (χ0n) is 7.99. The highest BCUT2D eigenvalue weighted by Gasteiger charge is 2.23. The number of carbonyl (C=O) groups is 1. The van der Waals surface area contributed by atoms with E-state index in [1.807, 2.05) is 27.7 Å². The van der Waals surface area contributed by atoms with E-state index in [0.717, 1.165) is 0 Å². The summed E-state index contributed by atoms with van der Waals surface area (Å²) in [7, 11) is 1.76. The lowest BCUT2D eigenvalue weighted by Crippen LogP contribution is -2.27. The van der Waals surface area contributed by atoms with Gasteiger partial charge in [-0.05, 0) is 6.92 Å². The summed E-state index contributed by atoms with van der Waals surface area (Å²) >= 11 is 0. The fourth-order valence-corrected chi connectivity index (χ4v) is 0.793. The Hall–Kier alpha value is -0.790. The van der Waals surface area contributed by atoms with E-state index in [4.69, 9.17) is 0 Å². The summed E-state index contributed by atoms with van der Waals surface area (Å²) < 4.78 is 0. The van der Waals surface area contributed by atoms with Crippen LogP contribution in [0.3, 0.4) is 0 Å². The number of hydrogen-bond acceptors (Lipinski definition) is 2. The maximum atomic E-state index is 11.5. The Balaban J connectivity index is 4.49. The number of likely N-dealkylation sites (N-methyl/N-ethyl adjacent to an activating group) is 1. The SMILES string of the molecule is C/C=C(\NC)C(=O)C(C)(C)C. The van der Waals surface area contributed by atoms with Crippen LogP contribution < -0.4 is 5.32 Å². The molecular weight excluding hydrogens is 138 g/mol. The maximum absolute atomic E-state index is 11.5. The molecule has 11 heavy (non-hydrogen) atoms. The zero-order valence-corrected chi connectivity index (χ0v) is 7.99. The first kappa shape index (κ1) is 10.2. The number of hydrogen-bond donors (Lipinski definition) is 1. The summed E-state index contributed by atoms with van der Waals surface area (Å²) in [6, 6.07) is 0. The van der Waals surface area contributed by atoms with Gasteiger partial charge in [0.25, 0.3) is 0 Å². The van der Waals surface area contributed by atoms with E-state index in [1.165, 1.54) is 0 Å². The van der Waals surface area contributed by atoms with Crippen molar-refractivity contribution < 1.29 is 4.79 Å². The van der Waals surface area contributed by atoms with Gasteiger partial charge < -0.3 is 5.32 Å². The molecule has 0 bridgehead atoms. The Kier molecular flexibility index (Phi) is 3.30. The van der Waals surface area contributed by atoms with E-state index in [-0.39, 0.29) is 11.2 Å². The maximum Gasteiger partial charge on any atom is 0.183 e. The second kappa shape index (κ2) is 3.56. The van der Waals surface area contributed by atoms with Crippen molar-refractivity contribution in [2.45, 2.75) is 27.7 Å². The van der Waals surface area contributed by atoms with Crippen LogP contribution in [0.25, 0.3) is 0 Å². The van der Waals surface area contributed by atoms with Crippen LogP contribution in [-0.4, -0.2) is 12.8 Å². The number of ketones is 1. The summed E-state index contributed by atoms with van der Waals surface area (Å²) in [6.07, 6.45) is 1.80. The first-order chi connectivity index (χ1) is 4.93. The number of carbonyl (C=O) groups excluding carboxylic acids is 1. The molecule has 0 atom stereocenters. The summed E-state index contributed by atoms with van der Waals surface area (Å²) in [5, 5.41) is 2.87. The third kappa shape index (κ3) is 2.74. The molecule has 0 aromatic heterocycles. The lowest BCUT2D eigenvalue weighted by molar-refractivity contribution is -0.122. The molecular formula is C9H17NO. The lowest BCUT2D eigenvalue weighted by atomic mass is 9.89. The molecule has 0 saturated carbocycles. The first-order valence-corrected chi connectivity index (χ1v) is 3.82. The molecule has 0 aliphatic carbocycles. The average Bonchev–Trinajstić information content (AvgIpc) is 1.88. The van der Waals surface area contributed by atoms with E-state index in [1.54, 1.807) is 13.1 Å². The minimum atomic E-state index is -0.287. The lowest BCUT2D eigenvalue weighted by Gasteiger charge is -2.18. The molecule has 0 saturated heterocycles. The molecule has 0 aliphatic rings. The average molecular weight is 155 g/mol. The minimum Gasteiger partial charge on any atom is -0.386 e. The monoisotopic (exact) mass is 155 g/mol. The van der Waals surface area contributed by atoms with Crippen molar-refractivity contribution in [2.75, 3.05) is 7.05 Å². The minimum absolute atomic E-state index is 0.155. The molecule has 0 unspecified atom stereocenters. The first-order valence-electron chi connectivity index (χ1n) is 3.82. The fraction of sp³-hybridized carbons (Fsp3) is 0.667. The molecule has 0 aromatic carbocycles. The van der Waals surface area contributed by atoms with E-state index in [0.29, 0.717) is 5.70 Å². The number of allylic oxidation sites excluding steroid dienone is 2. The Morgan fingerprint density at radius 1 is 1.36 bits per heavy atom. The van der Waals surface area contributed by atoms with Crippen LogP contribution in [0.4, 0.5) is 0 Å². The molecule has 0 heterocycles. The molecule has 1 N–H and O–H groups in total. The molecule has 0 radical (unpaired) electrons. The van der Waals surface area contributed by atoms with Gasteiger partial charge in [0.2, 0.25) is 0 Å². The molecule has 0 fully saturated rings. The highest BCUT2D eigenvalue weighted by molar-refractivity contribution is 5.98. The number of rotatable bonds is 2. The smallest absolute Gasteiger partial charge is 0.183 e. The number of Topliss-reactive ketones (excluding diaryl/α,β-unsaturated/α-hetero) is 1. The van der Waals surface area contributed by atoms with Gasteiger partial charge in [-0.3, -0.25) is 4.79 Å². The van der Waals surface area contributed by atoms with Crippen molar-refractivity contribution in [1.82, 2.24) is 5.32 Å². The van der Waals surface area contributed by atoms with Gasteiger partial charge in [0, 0.05) is 12.5 Å². The van der Waals surface area contributed by atoms with Gasteiger partial charge in [0.1, 0.15) is 0 Å². The van der Waals surface area contributed by atoms with Gasteiger partial charge in [-0.25, -0.2) is 0 Å². The third-order valence-corrected chi connectivity index (χ3v) is 1.48. The van der Waals surface area contributed by atoms with Crippen LogP contribution in [0, 0.1) is 5.41 Å². The molecule has 2 heteroatoms. The third-order valence-electron chi connectivity index (χ3n) is 1.48.